The lowest BCUT2D eigenvalue weighted by Crippen LogP contribution is -2.38. The van der Waals surface area contributed by atoms with E-state index >= 15 is 0 Å². The minimum absolute atomic E-state index is 0.0404. The number of likely N-dealkylation sites (tertiary alicyclic amines) is 1. The van der Waals surface area contributed by atoms with Crippen LogP contribution >= 0.6 is 0 Å². The molecule has 2 aromatic rings. The predicted octanol–water partition coefficient (Wildman–Crippen LogP) is 4.38. The van der Waals surface area contributed by atoms with Crippen LogP contribution in [0.5, 0.6) is 0 Å². The van der Waals surface area contributed by atoms with Crippen LogP contribution in [-0.2, 0) is 11.2 Å². The predicted molar refractivity (Wildman–Crippen MR) is 109 cm³/mol. The second-order valence-electron chi connectivity index (χ2n) is 7.65. The SMILES string of the molecule is CC(C)C(=O)Nc1cccc(C(=O)N2CCC(Cc3ccccc3)CC2)c1. The summed E-state index contributed by atoms with van der Waals surface area (Å²) < 4.78 is 0. The van der Waals surface area contributed by atoms with Crippen LogP contribution in [0.1, 0.15) is 42.6 Å². The van der Waals surface area contributed by atoms with Crippen LogP contribution < -0.4 is 5.32 Å². The summed E-state index contributed by atoms with van der Waals surface area (Å²) in [4.78, 5) is 26.7. The van der Waals surface area contributed by atoms with Gasteiger partial charge < -0.3 is 10.2 Å². The van der Waals surface area contributed by atoms with Crippen molar-refractivity contribution < 1.29 is 9.59 Å². The van der Waals surface area contributed by atoms with E-state index in [-0.39, 0.29) is 17.7 Å². The molecule has 0 spiro atoms. The van der Waals surface area contributed by atoms with Gasteiger partial charge in [0.05, 0.1) is 0 Å². The maximum absolute atomic E-state index is 12.8. The summed E-state index contributed by atoms with van der Waals surface area (Å²) in [7, 11) is 0. The number of amides is 2. The number of carbonyl (C=O) groups is 2. The van der Waals surface area contributed by atoms with Gasteiger partial charge in [-0.25, -0.2) is 0 Å². The van der Waals surface area contributed by atoms with Gasteiger partial charge in [-0.3, -0.25) is 9.59 Å². The molecule has 1 aliphatic rings. The van der Waals surface area contributed by atoms with Crippen molar-refractivity contribution in [1.82, 2.24) is 4.90 Å². The largest absolute Gasteiger partial charge is 0.339 e. The molecule has 0 unspecified atom stereocenters. The Morgan fingerprint density at radius 1 is 1.04 bits per heavy atom. The number of hydrogen-bond donors (Lipinski definition) is 1. The molecule has 3 rings (SSSR count). The first-order chi connectivity index (χ1) is 13.0. The maximum atomic E-state index is 12.8. The Morgan fingerprint density at radius 3 is 2.41 bits per heavy atom. The maximum Gasteiger partial charge on any atom is 0.253 e. The highest BCUT2D eigenvalue weighted by molar-refractivity contribution is 5.97. The molecule has 27 heavy (non-hydrogen) atoms. The van der Waals surface area contributed by atoms with Crippen LogP contribution in [0.3, 0.4) is 0 Å². The molecule has 0 radical (unpaired) electrons. The lowest BCUT2D eigenvalue weighted by atomic mass is 9.90. The van der Waals surface area contributed by atoms with Crippen LogP contribution in [-0.4, -0.2) is 29.8 Å². The van der Waals surface area contributed by atoms with Crippen molar-refractivity contribution in [2.75, 3.05) is 18.4 Å². The number of piperidine rings is 1. The van der Waals surface area contributed by atoms with E-state index in [9.17, 15) is 9.59 Å². The molecule has 142 valence electrons. The Bertz CT molecular complexity index is 778. The average molecular weight is 364 g/mol. The molecule has 2 aromatic carbocycles. The van der Waals surface area contributed by atoms with E-state index in [1.807, 2.05) is 43.0 Å². The minimum Gasteiger partial charge on any atom is -0.339 e. The van der Waals surface area contributed by atoms with Gasteiger partial charge in [0.2, 0.25) is 5.91 Å². The van der Waals surface area contributed by atoms with Gasteiger partial charge in [0, 0.05) is 30.3 Å². The van der Waals surface area contributed by atoms with E-state index in [2.05, 4.69) is 29.6 Å². The molecule has 4 nitrogen and oxygen atoms in total. The lowest BCUT2D eigenvalue weighted by molar-refractivity contribution is -0.118. The zero-order valence-electron chi connectivity index (χ0n) is 16.2. The fourth-order valence-corrected chi connectivity index (χ4v) is 3.49. The van der Waals surface area contributed by atoms with Crippen molar-refractivity contribution >= 4 is 17.5 Å². The van der Waals surface area contributed by atoms with Crippen LogP contribution in [0.2, 0.25) is 0 Å². The van der Waals surface area contributed by atoms with Gasteiger partial charge in [0.1, 0.15) is 0 Å². The first-order valence-electron chi connectivity index (χ1n) is 9.77. The molecule has 0 atom stereocenters. The van der Waals surface area contributed by atoms with Crippen LogP contribution in [0, 0.1) is 11.8 Å². The molecule has 1 heterocycles. The van der Waals surface area contributed by atoms with Gasteiger partial charge in [0.15, 0.2) is 0 Å². The number of benzene rings is 2. The molecule has 0 aromatic heterocycles. The normalized spacial score (nSPS) is 15.0. The summed E-state index contributed by atoms with van der Waals surface area (Å²) in [6.45, 7) is 5.28. The van der Waals surface area contributed by atoms with E-state index in [0.29, 0.717) is 17.2 Å². The van der Waals surface area contributed by atoms with Crippen molar-refractivity contribution in [3.8, 4) is 0 Å². The smallest absolute Gasteiger partial charge is 0.253 e. The fourth-order valence-electron chi connectivity index (χ4n) is 3.49. The molecular weight excluding hydrogens is 336 g/mol. The Kier molecular flexibility index (Phi) is 6.28. The topological polar surface area (TPSA) is 49.4 Å². The van der Waals surface area contributed by atoms with E-state index < -0.39 is 0 Å². The molecular formula is C23H28N2O2. The van der Waals surface area contributed by atoms with Crippen molar-refractivity contribution in [2.45, 2.75) is 33.1 Å². The molecule has 4 heteroatoms. The van der Waals surface area contributed by atoms with Crippen molar-refractivity contribution in [3.63, 3.8) is 0 Å². The molecule has 0 bridgehead atoms. The molecule has 0 saturated carbocycles. The van der Waals surface area contributed by atoms with Gasteiger partial charge in [-0.2, -0.15) is 0 Å². The molecule has 1 aliphatic heterocycles. The van der Waals surface area contributed by atoms with Crippen molar-refractivity contribution in [3.05, 3.63) is 65.7 Å². The van der Waals surface area contributed by atoms with Gasteiger partial charge >= 0.3 is 0 Å². The lowest BCUT2D eigenvalue weighted by Gasteiger charge is -2.32. The van der Waals surface area contributed by atoms with Crippen LogP contribution in [0.15, 0.2) is 54.6 Å². The summed E-state index contributed by atoms with van der Waals surface area (Å²) in [6.07, 6.45) is 3.15. The number of hydrogen-bond acceptors (Lipinski definition) is 2. The highest BCUT2D eigenvalue weighted by Gasteiger charge is 2.24. The molecule has 1 saturated heterocycles. The molecule has 1 N–H and O–H groups in total. The molecule has 2 amide bonds. The summed E-state index contributed by atoms with van der Waals surface area (Å²) >= 11 is 0. The van der Waals surface area contributed by atoms with Crippen LogP contribution in [0.4, 0.5) is 5.69 Å². The van der Waals surface area contributed by atoms with Gasteiger partial charge in [-0.1, -0.05) is 50.2 Å². The number of nitrogens with one attached hydrogen (secondary N) is 1. The van der Waals surface area contributed by atoms with E-state index in [1.165, 1.54) is 5.56 Å². The second kappa shape index (κ2) is 8.85. The molecule has 0 aliphatic carbocycles. The average Bonchev–Trinajstić information content (AvgIpc) is 2.69. The Morgan fingerprint density at radius 2 is 1.74 bits per heavy atom. The quantitative estimate of drug-likeness (QED) is 0.856. The number of nitrogens with zero attached hydrogens (tertiary/aromatic N) is 1. The second-order valence-corrected chi connectivity index (χ2v) is 7.65. The van der Waals surface area contributed by atoms with Crippen molar-refractivity contribution in [1.29, 1.82) is 0 Å². The van der Waals surface area contributed by atoms with E-state index in [1.54, 1.807) is 6.07 Å². The van der Waals surface area contributed by atoms with Crippen LogP contribution in [0.25, 0.3) is 0 Å². The first kappa shape index (κ1) is 19.2. The monoisotopic (exact) mass is 364 g/mol. The Labute approximate surface area is 161 Å². The van der Waals surface area contributed by atoms with E-state index in [4.69, 9.17) is 0 Å². The Balaban J connectivity index is 1.57. The number of carbonyl (C=O) groups excluding carboxylic acids is 2. The zero-order valence-corrected chi connectivity index (χ0v) is 16.2. The number of anilines is 1. The third-order valence-corrected chi connectivity index (χ3v) is 5.17. The van der Waals surface area contributed by atoms with E-state index in [0.717, 1.165) is 32.4 Å². The van der Waals surface area contributed by atoms with Gasteiger partial charge in [-0.15, -0.1) is 0 Å². The highest BCUT2D eigenvalue weighted by Crippen LogP contribution is 2.23. The summed E-state index contributed by atoms with van der Waals surface area (Å²) in [5.74, 6) is 0.552. The minimum atomic E-state index is -0.0898. The standard InChI is InChI=1S/C23H28N2O2/c1-17(2)22(26)24-21-10-6-9-20(16-21)23(27)25-13-11-19(12-14-25)15-18-7-4-3-5-8-18/h3-10,16-17,19H,11-15H2,1-2H3,(H,24,26). The number of rotatable bonds is 5. The third kappa shape index (κ3) is 5.19. The molecule has 1 fully saturated rings. The zero-order chi connectivity index (χ0) is 19.2. The highest BCUT2D eigenvalue weighted by atomic mass is 16.2. The fraction of sp³-hybridized carbons (Fsp3) is 0.391. The summed E-state index contributed by atoms with van der Waals surface area (Å²) in [6, 6.07) is 17.8. The summed E-state index contributed by atoms with van der Waals surface area (Å²) in [5.41, 5.74) is 2.69. The van der Waals surface area contributed by atoms with Gasteiger partial charge in [-0.05, 0) is 48.9 Å². The Hall–Kier alpha value is -2.62. The van der Waals surface area contributed by atoms with Gasteiger partial charge in [0.25, 0.3) is 5.91 Å². The first-order valence-corrected chi connectivity index (χ1v) is 9.77. The van der Waals surface area contributed by atoms with Crippen molar-refractivity contribution in [2.24, 2.45) is 11.8 Å². The third-order valence-electron chi connectivity index (χ3n) is 5.17. The summed E-state index contributed by atoms with van der Waals surface area (Å²) in [5, 5.41) is 2.86.